The van der Waals surface area contributed by atoms with E-state index < -0.39 is 40.1 Å². The van der Waals surface area contributed by atoms with E-state index in [1.54, 1.807) is 18.9 Å². The summed E-state index contributed by atoms with van der Waals surface area (Å²) in [5.41, 5.74) is 2.34. The molecule has 2 aliphatic heterocycles. The maximum Gasteiger partial charge on any atom is 0.245 e. The van der Waals surface area contributed by atoms with E-state index in [1.165, 1.54) is 16.1 Å². The Morgan fingerprint density at radius 2 is 1.71 bits per heavy atom. The lowest BCUT2D eigenvalue weighted by Gasteiger charge is -2.44. The normalized spacial score (nSPS) is 28.3. The van der Waals surface area contributed by atoms with Crippen molar-refractivity contribution in [1.29, 1.82) is 0 Å². The second kappa shape index (κ2) is 13.0. The molecule has 1 saturated carbocycles. The van der Waals surface area contributed by atoms with Crippen LogP contribution in [0.25, 0.3) is 0 Å². The molecule has 3 fully saturated rings. The molecule has 1 aromatic rings. The van der Waals surface area contributed by atoms with Crippen molar-refractivity contribution in [3.63, 3.8) is 0 Å². The van der Waals surface area contributed by atoms with Crippen LogP contribution >= 0.6 is 0 Å². The van der Waals surface area contributed by atoms with Crippen molar-refractivity contribution in [1.82, 2.24) is 25.2 Å². The fourth-order valence-electron chi connectivity index (χ4n) is 7.73. The van der Waals surface area contributed by atoms with Gasteiger partial charge in [-0.2, -0.15) is 4.31 Å². The Labute approximate surface area is 250 Å². The molecule has 2 saturated heterocycles. The van der Waals surface area contributed by atoms with Crippen LogP contribution in [0.5, 0.6) is 0 Å². The second-order valence-corrected chi connectivity index (χ2v) is 14.7. The summed E-state index contributed by atoms with van der Waals surface area (Å²) in [7, 11) is -1.90. The molecule has 2 heterocycles. The molecule has 10 nitrogen and oxygen atoms in total. The standard InChI is InChI=1S/C31H47N5O5S/c1-20(32-2)29(37)34-27(22-12-5-4-6-13-22)31(39)35-18-10-17-26-28(35)24(19-36(26)42(3,40)41)30(38)33-25-16-9-14-21-11-7-8-15-23(21)25/h7-8,11,15,20,22,24-28,32H,4-6,9-10,12-14,16-19H2,1-3H3,(H,33,38)(H,34,37)/t20-,24-,25-,26?,27-,28?/m0/s1. The van der Waals surface area contributed by atoms with E-state index in [-0.39, 0.29) is 36.2 Å². The summed E-state index contributed by atoms with van der Waals surface area (Å²) in [5, 5.41) is 9.26. The third-order valence-electron chi connectivity index (χ3n) is 10.1. The summed E-state index contributed by atoms with van der Waals surface area (Å²) in [6.07, 6.45) is 10.0. The van der Waals surface area contributed by atoms with Gasteiger partial charge in [-0.15, -0.1) is 0 Å². The van der Waals surface area contributed by atoms with Crippen LogP contribution in [0.4, 0.5) is 0 Å². The molecule has 1 aromatic carbocycles. The van der Waals surface area contributed by atoms with Gasteiger partial charge in [-0.3, -0.25) is 14.4 Å². The number of amides is 3. The zero-order valence-electron chi connectivity index (χ0n) is 25.2. The SMILES string of the molecule is CN[C@@H](C)C(=O)N[C@H](C(=O)N1CCCC2C1[C@@H](C(=O)N[C@H]1CCCc3ccccc31)CN2S(C)(=O)=O)C1CCCCC1. The third-order valence-corrected chi connectivity index (χ3v) is 11.3. The van der Waals surface area contributed by atoms with Crippen LogP contribution in [-0.4, -0.2) is 85.9 Å². The first-order valence-electron chi connectivity index (χ1n) is 15.7. The first-order valence-corrected chi connectivity index (χ1v) is 17.6. The summed E-state index contributed by atoms with van der Waals surface area (Å²) in [6.45, 7) is 2.25. The molecule has 6 atom stereocenters. The number of rotatable bonds is 8. The van der Waals surface area contributed by atoms with Gasteiger partial charge in [-0.05, 0) is 76.0 Å². The molecule has 232 valence electrons. The van der Waals surface area contributed by atoms with Crippen LogP contribution in [-0.2, 0) is 30.8 Å². The highest BCUT2D eigenvalue weighted by Crippen LogP contribution is 2.39. The Morgan fingerprint density at radius 3 is 2.43 bits per heavy atom. The van der Waals surface area contributed by atoms with Crippen LogP contribution in [0.3, 0.4) is 0 Å². The summed E-state index contributed by atoms with van der Waals surface area (Å²) < 4.78 is 27.3. The summed E-state index contributed by atoms with van der Waals surface area (Å²) in [4.78, 5) is 43.3. The van der Waals surface area contributed by atoms with Crippen LogP contribution < -0.4 is 16.0 Å². The number of likely N-dealkylation sites (tertiary alicyclic amines) is 1. The molecule has 2 aliphatic carbocycles. The number of likely N-dealkylation sites (N-methyl/N-ethyl adjacent to an activating group) is 1. The number of sulfonamides is 1. The summed E-state index contributed by atoms with van der Waals surface area (Å²) >= 11 is 0. The van der Waals surface area contributed by atoms with Crippen molar-refractivity contribution in [2.24, 2.45) is 11.8 Å². The number of benzene rings is 1. The van der Waals surface area contributed by atoms with E-state index in [4.69, 9.17) is 0 Å². The molecule has 3 amide bonds. The van der Waals surface area contributed by atoms with Crippen molar-refractivity contribution in [2.45, 2.75) is 101 Å². The Morgan fingerprint density at radius 1 is 0.976 bits per heavy atom. The lowest BCUT2D eigenvalue weighted by molar-refractivity contribution is -0.144. The molecule has 0 spiro atoms. The predicted molar refractivity (Wildman–Crippen MR) is 161 cm³/mol. The van der Waals surface area contributed by atoms with Gasteiger partial charge in [0, 0.05) is 19.1 Å². The Kier molecular flexibility index (Phi) is 9.59. The van der Waals surface area contributed by atoms with Gasteiger partial charge in [0.05, 0.1) is 30.3 Å². The Hall–Kier alpha value is -2.50. The molecular weight excluding hydrogens is 554 g/mol. The number of carbonyl (C=O) groups excluding carboxylic acids is 3. The topological polar surface area (TPSA) is 128 Å². The summed E-state index contributed by atoms with van der Waals surface area (Å²) in [5.74, 6) is -1.31. The molecule has 0 bridgehead atoms. The van der Waals surface area contributed by atoms with Crippen molar-refractivity contribution in [2.75, 3.05) is 26.4 Å². The van der Waals surface area contributed by atoms with Crippen LogP contribution in [0.1, 0.15) is 81.9 Å². The van der Waals surface area contributed by atoms with Gasteiger partial charge in [0.15, 0.2) is 0 Å². The highest BCUT2D eigenvalue weighted by Gasteiger charge is 2.54. The third kappa shape index (κ3) is 6.38. The zero-order valence-corrected chi connectivity index (χ0v) is 26.0. The minimum absolute atomic E-state index is 0.0121. The van der Waals surface area contributed by atoms with Gasteiger partial charge in [0.2, 0.25) is 27.7 Å². The minimum atomic E-state index is -3.61. The molecule has 2 unspecified atom stereocenters. The fraction of sp³-hybridized carbons (Fsp3) is 0.710. The highest BCUT2D eigenvalue weighted by molar-refractivity contribution is 7.88. The Balaban J connectivity index is 1.44. The van der Waals surface area contributed by atoms with Gasteiger partial charge in [0.25, 0.3) is 0 Å². The average Bonchev–Trinajstić information content (AvgIpc) is 3.40. The van der Waals surface area contributed by atoms with Crippen LogP contribution in [0, 0.1) is 11.8 Å². The molecule has 5 rings (SSSR count). The largest absolute Gasteiger partial charge is 0.349 e. The highest BCUT2D eigenvalue weighted by atomic mass is 32.2. The molecule has 3 N–H and O–H groups in total. The molecule has 4 aliphatic rings. The maximum atomic E-state index is 14.5. The van der Waals surface area contributed by atoms with Gasteiger partial charge < -0.3 is 20.9 Å². The van der Waals surface area contributed by atoms with Crippen LogP contribution in [0.2, 0.25) is 0 Å². The van der Waals surface area contributed by atoms with Gasteiger partial charge in [-0.1, -0.05) is 43.5 Å². The number of aryl methyl sites for hydroxylation is 1. The number of hydrogen-bond donors (Lipinski definition) is 3. The Bertz CT molecular complexity index is 1270. The molecule has 0 aromatic heterocycles. The van der Waals surface area contributed by atoms with Crippen LogP contribution in [0.15, 0.2) is 24.3 Å². The van der Waals surface area contributed by atoms with Crippen molar-refractivity contribution < 1.29 is 22.8 Å². The number of piperidine rings is 1. The van der Waals surface area contributed by atoms with E-state index in [2.05, 4.69) is 28.1 Å². The number of fused-ring (bicyclic) bond motifs is 2. The molecule has 42 heavy (non-hydrogen) atoms. The van der Waals surface area contributed by atoms with Gasteiger partial charge in [-0.25, -0.2) is 8.42 Å². The van der Waals surface area contributed by atoms with Gasteiger partial charge >= 0.3 is 0 Å². The monoisotopic (exact) mass is 601 g/mol. The van der Waals surface area contributed by atoms with E-state index >= 15 is 0 Å². The predicted octanol–water partition coefficient (Wildman–Crippen LogP) is 2.10. The average molecular weight is 602 g/mol. The molecular formula is C31H47N5O5S. The van der Waals surface area contributed by atoms with E-state index in [0.29, 0.717) is 19.4 Å². The summed E-state index contributed by atoms with van der Waals surface area (Å²) in [6, 6.07) is 5.81. The van der Waals surface area contributed by atoms with Crippen molar-refractivity contribution >= 4 is 27.7 Å². The number of nitrogens with zero attached hydrogens (tertiary/aromatic N) is 2. The van der Waals surface area contributed by atoms with Crippen molar-refractivity contribution in [3.8, 4) is 0 Å². The zero-order chi connectivity index (χ0) is 30.0. The fourth-order valence-corrected chi connectivity index (χ4v) is 8.88. The first-order chi connectivity index (χ1) is 20.1. The molecule has 11 heteroatoms. The first kappa shape index (κ1) is 30.9. The van der Waals surface area contributed by atoms with Gasteiger partial charge in [0.1, 0.15) is 6.04 Å². The lowest BCUT2D eigenvalue weighted by Crippen LogP contribution is -2.62. The van der Waals surface area contributed by atoms with Crippen molar-refractivity contribution in [3.05, 3.63) is 35.4 Å². The van der Waals surface area contributed by atoms with E-state index in [9.17, 15) is 22.8 Å². The second-order valence-electron chi connectivity index (χ2n) is 12.7. The number of hydrogen-bond acceptors (Lipinski definition) is 6. The quantitative estimate of drug-likeness (QED) is 0.419. The van der Waals surface area contributed by atoms with E-state index in [1.807, 2.05) is 12.1 Å². The smallest absolute Gasteiger partial charge is 0.245 e. The minimum Gasteiger partial charge on any atom is -0.349 e. The van der Waals surface area contributed by atoms with E-state index in [0.717, 1.165) is 56.9 Å². The maximum absolute atomic E-state index is 14.5. The molecule has 0 radical (unpaired) electrons. The number of carbonyl (C=O) groups is 3. The lowest BCUT2D eigenvalue weighted by atomic mass is 9.81. The number of nitrogens with one attached hydrogen (secondary N) is 3.